The summed E-state index contributed by atoms with van der Waals surface area (Å²) in [6, 6.07) is 5.69. The van der Waals surface area contributed by atoms with E-state index in [0.717, 1.165) is 5.56 Å². The maximum atomic E-state index is 6.14. The van der Waals surface area contributed by atoms with Crippen LogP contribution in [-0.4, -0.2) is 24.5 Å². The molecule has 2 rings (SSSR count). The van der Waals surface area contributed by atoms with Crippen LogP contribution in [0.2, 0.25) is 10.0 Å². The zero-order valence-electron chi connectivity index (χ0n) is 8.24. The van der Waals surface area contributed by atoms with Crippen LogP contribution in [0, 0.1) is 0 Å². The maximum absolute atomic E-state index is 6.14. The third-order valence-corrected chi connectivity index (χ3v) is 3.43. The van der Waals surface area contributed by atoms with E-state index >= 15 is 0 Å². The number of hydrogen-bond acceptors (Lipinski definition) is 3. The Morgan fingerprint density at radius 1 is 1.47 bits per heavy atom. The first-order chi connectivity index (χ1) is 7.11. The summed E-state index contributed by atoms with van der Waals surface area (Å²) in [5, 5.41) is 1.15. The summed E-state index contributed by atoms with van der Waals surface area (Å²) >= 11 is 12.1. The van der Waals surface area contributed by atoms with Crippen molar-refractivity contribution < 1.29 is 0 Å². The summed E-state index contributed by atoms with van der Waals surface area (Å²) in [7, 11) is 1.90. The van der Waals surface area contributed by atoms with Gasteiger partial charge in [0.25, 0.3) is 0 Å². The van der Waals surface area contributed by atoms with Crippen molar-refractivity contribution in [1.82, 2.24) is 4.90 Å². The highest BCUT2D eigenvalue weighted by molar-refractivity contribution is 6.42. The first-order valence-corrected chi connectivity index (χ1v) is 5.33. The molecule has 0 amide bonds. The number of likely N-dealkylation sites (N-methyl/N-ethyl adjacent to an activating group) is 1. The van der Waals surface area contributed by atoms with Gasteiger partial charge >= 0.3 is 0 Å². The van der Waals surface area contributed by atoms with Crippen molar-refractivity contribution in [3.8, 4) is 0 Å². The highest BCUT2D eigenvalue weighted by Crippen LogP contribution is 2.33. The number of halogens is 2. The molecule has 80 valence electrons. The molecule has 1 unspecified atom stereocenters. The van der Waals surface area contributed by atoms with E-state index in [2.05, 4.69) is 4.99 Å². The van der Waals surface area contributed by atoms with E-state index in [1.54, 1.807) is 6.07 Å². The lowest BCUT2D eigenvalue weighted by molar-refractivity contribution is 0.414. The Balaban J connectivity index is 2.36. The van der Waals surface area contributed by atoms with Crippen molar-refractivity contribution in [2.45, 2.75) is 6.04 Å². The van der Waals surface area contributed by atoms with Gasteiger partial charge in [-0.2, -0.15) is 0 Å². The number of hydrogen-bond donors (Lipinski definition) is 1. The van der Waals surface area contributed by atoms with Crippen LogP contribution in [0.5, 0.6) is 0 Å². The van der Waals surface area contributed by atoms with Crippen molar-refractivity contribution in [2.24, 2.45) is 10.7 Å². The van der Waals surface area contributed by atoms with Gasteiger partial charge in [0, 0.05) is 7.05 Å². The Morgan fingerprint density at radius 3 is 2.80 bits per heavy atom. The maximum Gasteiger partial charge on any atom is 0.191 e. The zero-order valence-corrected chi connectivity index (χ0v) is 9.76. The topological polar surface area (TPSA) is 41.6 Å². The molecule has 1 aliphatic heterocycles. The Bertz CT molecular complexity index is 417. The van der Waals surface area contributed by atoms with Crippen molar-refractivity contribution in [1.29, 1.82) is 0 Å². The predicted molar refractivity (Wildman–Crippen MR) is 63.5 cm³/mol. The van der Waals surface area contributed by atoms with Gasteiger partial charge in [-0.1, -0.05) is 35.3 Å². The Morgan fingerprint density at radius 2 is 2.20 bits per heavy atom. The standard InChI is InChI=1S/C10H11Cl2N3/c1-15-8(5-14-10(15)13)6-3-2-4-7(11)9(6)12/h2-4,8H,5H2,1H3,(H2,13,14). The van der Waals surface area contributed by atoms with Crippen molar-refractivity contribution in [2.75, 3.05) is 13.6 Å². The third kappa shape index (κ3) is 1.77. The van der Waals surface area contributed by atoms with Crippen molar-refractivity contribution in [3.05, 3.63) is 33.8 Å². The van der Waals surface area contributed by atoms with Crippen molar-refractivity contribution >= 4 is 29.2 Å². The number of rotatable bonds is 1. The van der Waals surface area contributed by atoms with Gasteiger partial charge in [-0.25, -0.2) is 0 Å². The van der Waals surface area contributed by atoms with Gasteiger partial charge in [0.2, 0.25) is 0 Å². The Labute approximate surface area is 98.5 Å². The molecule has 1 aliphatic rings. The van der Waals surface area contributed by atoms with Gasteiger partial charge in [0.1, 0.15) is 0 Å². The van der Waals surface area contributed by atoms with Crippen LogP contribution < -0.4 is 5.73 Å². The first-order valence-electron chi connectivity index (χ1n) is 4.58. The molecule has 0 fully saturated rings. The molecule has 0 aromatic heterocycles. The minimum absolute atomic E-state index is 0.0937. The van der Waals surface area contributed by atoms with Crippen LogP contribution in [-0.2, 0) is 0 Å². The quantitative estimate of drug-likeness (QED) is 0.823. The first kappa shape index (κ1) is 10.6. The van der Waals surface area contributed by atoms with Crippen LogP contribution in [0.3, 0.4) is 0 Å². The van der Waals surface area contributed by atoms with E-state index in [4.69, 9.17) is 28.9 Å². The fourth-order valence-electron chi connectivity index (χ4n) is 1.66. The number of aliphatic imine (C=N–C) groups is 1. The summed E-state index contributed by atoms with van der Waals surface area (Å²) < 4.78 is 0. The monoisotopic (exact) mass is 243 g/mol. The number of nitrogens with two attached hydrogens (primary N) is 1. The summed E-state index contributed by atoms with van der Waals surface area (Å²) in [6.45, 7) is 0.627. The molecule has 1 aromatic carbocycles. The molecule has 15 heavy (non-hydrogen) atoms. The van der Waals surface area contributed by atoms with Crippen LogP contribution in [0.15, 0.2) is 23.2 Å². The Kier molecular flexibility index (Phi) is 2.76. The second-order valence-corrected chi connectivity index (χ2v) is 4.25. The molecule has 0 saturated heterocycles. The van der Waals surface area contributed by atoms with E-state index in [1.165, 1.54) is 0 Å². The third-order valence-electron chi connectivity index (χ3n) is 2.60. The highest BCUT2D eigenvalue weighted by Gasteiger charge is 2.26. The SMILES string of the molecule is CN1C(N)=NCC1c1cccc(Cl)c1Cl. The van der Waals surface area contributed by atoms with E-state index < -0.39 is 0 Å². The molecule has 3 nitrogen and oxygen atoms in total. The molecule has 0 saturated carbocycles. The fourth-order valence-corrected chi connectivity index (χ4v) is 2.09. The minimum Gasteiger partial charge on any atom is -0.370 e. The van der Waals surface area contributed by atoms with E-state index in [1.807, 2.05) is 24.1 Å². The van der Waals surface area contributed by atoms with Crippen molar-refractivity contribution in [3.63, 3.8) is 0 Å². The summed E-state index contributed by atoms with van der Waals surface area (Å²) in [4.78, 5) is 6.06. The lowest BCUT2D eigenvalue weighted by Gasteiger charge is -2.22. The number of nitrogens with zero attached hydrogens (tertiary/aromatic N) is 2. The predicted octanol–water partition coefficient (Wildman–Crippen LogP) is 2.29. The van der Waals surface area contributed by atoms with E-state index in [0.29, 0.717) is 22.5 Å². The normalized spacial score (nSPS) is 20.6. The molecule has 2 N–H and O–H groups in total. The molecule has 1 aromatic rings. The van der Waals surface area contributed by atoms with Gasteiger partial charge in [0.15, 0.2) is 5.96 Å². The van der Waals surface area contributed by atoms with Gasteiger partial charge in [0.05, 0.1) is 22.6 Å². The second-order valence-electron chi connectivity index (χ2n) is 3.47. The van der Waals surface area contributed by atoms with E-state index in [-0.39, 0.29) is 6.04 Å². The summed E-state index contributed by atoms with van der Waals surface area (Å²) in [6.07, 6.45) is 0. The lowest BCUT2D eigenvalue weighted by atomic mass is 10.1. The number of benzene rings is 1. The molecule has 0 spiro atoms. The van der Waals surface area contributed by atoms with Crippen LogP contribution in [0.1, 0.15) is 11.6 Å². The Hall–Kier alpha value is -0.930. The molecule has 0 bridgehead atoms. The fraction of sp³-hybridized carbons (Fsp3) is 0.300. The molecule has 1 atom stereocenters. The lowest BCUT2D eigenvalue weighted by Crippen LogP contribution is -2.32. The average molecular weight is 244 g/mol. The van der Waals surface area contributed by atoms with Crippen LogP contribution in [0.25, 0.3) is 0 Å². The largest absolute Gasteiger partial charge is 0.370 e. The molecule has 5 heteroatoms. The van der Waals surface area contributed by atoms with E-state index in [9.17, 15) is 0 Å². The summed E-state index contributed by atoms with van der Waals surface area (Å²) in [5.74, 6) is 0.538. The average Bonchev–Trinajstić information content (AvgIpc) is 2.53. The smallest absolute Gasteiger partial charge is 0.191 e. The molecular weight excluding hydrogens is 233 g/mol. The zero-order chi connectivity index (χ0) is 11.0. The second kappa shape index (κ2) is 3.91. The summed E-state index contributed by atoms with van der Waals surface area (Å²) in [5.41, 5.74) is 6.66. The van der Waals surface area contributed by atoms with Gasteiger partial charge in [-0.3, -0.25) is 4.99 Å². The van der Waals surface area contributed by atoms with Gasteiger partial charge < -0.3 is 10.6 Å². The van der Waals surface area contributed by atoms with Crippen LogP contribution >= 0.6 is 23.2 Å². The van der Waals surface area contributed by atoms with Crippen LogP contribution in [0.4, 0.5) is 0 Å². The number of guanidine groups is 1. The molecular formula is C10H11Cl2N3. The molecule has 0 radical (unpaired) electrons. The van der Waals surface area contributed by atoms with Gasteiger partial charge in [-0.05, 0) is 11.6 Å². The highest BCUT2D eigenvalue weighted by atomic mass is 35.5. The van der Waals surface area contributed by atoms with Gasteiger partial charge in [-0.15, -0.1) is 0 Å². The minimum atomic E-state index is 0.0937. The molecule has 0 aliphatic carbocycles. The molecule has 1 heterocycles.